The molecule has 0 aromatic heterocycles. The molecule has 4 aliphatic carbocycles. The van der Waals surface area contributed by atoms with Gasteiger partial charge in [-0.1, -0.05) is 64.3 Å². The van der Waals surface area contributed by atoms with Crippen LogP contribution < -0.4 is 0 Å². The van der Waals surface area contributed by atoms with Gasteiger partial charge in [-0.25, -0.2) is 0 Å². The van der Waals surface area contributed by atoms with Crippen molar-refractivity contribution in [1.29, 1.82) is 0 Å². The summed E-state index contributed by atoms with van der Waals surface area (Å²) in [7, 11) is 0. The molecule has 0 heterocycles. The Morgan fingerprint density at radius 2 is 1.74 bits per heavy atom. The first-order chi connectivity index (χ1) is 14.6. The number of rotatable bonds is 6. The molecule has 0 aromatic rings. The highest BCUT2D eigenvalue weighted by Crippen LogP contribution is 2.66. The van der Waals surface area contributed by atoms with Crippen molar-refractivity contribution >= 4 is 0 Å². The molecule has 3 nitrogen and oxygen atoms in total. The van der Waals surface area contributed by atoms with Crippen LogP contribution in [0.1, 0.15) is 86.0 Å². The molecule has 0 amide bonds. The van der Waals surface area contributed by atoms with Crippen molar-refractivity contribution in [2.45, 2.75) is 98.2 Å². The third-order valence-corrected chi connectivity index (χ3v) is 10.6. The summed E-state index contributed by atoms with van der Waals surface area (Å²) in [6, 6.07) is 0. The zero-order valence-corrected chi connectivity index (χ0v) is 20.5. The maximum Gasteiger partial charge on any atom is 0.0661 e. The average Bonchev–Trinajstić information content (AvgIpc) is 3.06. The molecule has 0 radical (unpaired) electrons. The van der Waals surface area contributed by atoms with E-state index < -0.39 is 12.2 Å². The van der Waals surface area contributed by atoms with Crippen molar-refractivity contribution in [1.82, 2.24) is 0 Å². The number of aliphatic hydroxyl groups is 3. The topological polar surface area (TPSA) is 60.7 Å². The Morgan fingerprint density at radius 1 is 1.00 bits per heavy atom. The summed E-state index contributed by atoms with van der Waals surface area (Å²) in [5.74, 6) is 3.49. The van der Waals surface area contributed by atoms with E-state index >= 15 is 0 Å². The molecule has 3 saturated carbocycles. The van der Waals surface area contributed by atoms with Crippen molar-refractivity contribution in [3.05, 3.63) is 23.3 Å². The van der Waals surface area contributed by atoms with E-state index in [0.29, 0.717) is 48.0 Å². The van der Waals surface area contributed by atoms with E-state index in [1.165, 1.54) is 31.3 Å². The van der Waals surface area contributed by atoms with Gasteiger partial charge in [-0.15, -0.1) is 0 Å². The Hall–Kier alpha value is -0.640. The minimum absolute atomic E-state index is 0.194. The molecule has 9 atom stereocenters. The molecule has 31 heavy (non-hydrogen) atoms. The Kier molecular flexibility index (Phi) is 6.53. The van der Waals surface area contributed by atoms with E-state index in [4.69, 9.17) is 0 Å². The van der Waals surface area contributed by atoms with Crippen LogP contribution in [-0.4, -0.2) is 34.1 Å². The zero-order chi connectivity index (χ0) is 22.6. The number of hydrogen-bond donors (Lipinski definition) is 3. The van der Waals surface area contributed by atoms with E-state index in [0.717, 1.165) is 25.2 Å². The molecular formula is C28H46O3. The highest BCUT2D eigenvalue weighted by Gasteiger charge is 2.58. The fraction of sp³-hybridized carbons (Fsp3) is 0.857. The molecule has 176 valence electrons. The van der Waals surface area contributed by atoms with Gasteiger partial charge in [0.25, 0.3) is 0 Å². The smallest absolute Gasteiger partial charge is 0.0661 e. The van der Waals surface area contributed by atoms with Crippen LogP contribution in [0.3, 0.4) is 0 Å². The lowest BCUT2D eigenvalue weighted by atomic mass is 9.49. The van der Waals surface area contributed by atoms with Crippen molar-refractivity contribution < 1.29 is 15.3 Å². The molecule has 0 spiro atoms. The molecule has 3 N–H and O–H groups in total. The Labute approximate surface area is 190 Å². The Morgan fingerprint density at radius 3 is 2.42 bits per heavy atom. The van der Waals surface area contributed by atoms with Gasteiger partial charge < -0.3 is 15.3 Å². The monoisotopic (exact) mass is 430 g/mol. The Balaban J connectivity index is 1.53. The lowest BCUT2D eigenvalue weighted by Gasteiger charge is -2.56. The van der Waals surface area contributed by atoms with Gasteiger partial charge in [0.2, 0.25) is 0 Å². The second kappa shape index (κ2) is 8.61. The predicted molar refractivity (Wildman–Crippen MR) is 126 cm³/mol. The first-order valence-corrected chi connectivity index (χ1v) is 13.0. The fourth-order valence-corrected chi connectivity index (χ4v) is 8.34. The molecule has 4 aliphatic rings. The summed E-state index contributed by atoms with van der Waals surface area (Å²) < 4.78 is 0. The molecular weight excluding hydrogens is 384 g/mol. The second-order valence-electron chi connectivity index (χ2n) is 12.3. The van der Waals surface area contributed by atoms with E-state index in [-0.39, 0.29) is 5.41 Å². The average molecular weight is 431 g/mol. The maximum atomic E-state index is 11.1. The lowest BCUT2D eigenvalue weighted by Crippen LogP contribution is -2.52. The largest absolute Gasteiger partial charge is 0.396 e. The highest BCUT2D eigenvalue weighted by atomic mass is 16.3. The lowest BCUT2D eigenvalue weighted by molar-refractivity contribution is -0.0545. The van der Waals surface area contributed by atoms with Gasteiger partial charge in [-0.2, -0.15) is 0 Å². The molecule has 0 saturated heterocycles. The summed E-state index contributed by atoms with van der Waals surface area (Å²) in [5.41, 5.74) is 3.03. The van der Waals surface area contributed by atoms with Crippen LogP contribution in [0.4, 0.5) is 0 Å². The molecule has 0 aliphatic heterocycles. The van der Waals surface area contributed by atoms with Crippen LogP contribution >= 0.6 is 0 Å². The van der Waals surface area contributed by atoms with Crippen molar-refractivity contribution in [3.63, 3.8) is 0 Å². The highest BCUT2D eigenvalue weighted by molar-refractivity contribution is 5.40. The zero-order valence-electron chi connectivity index (χ0n) is 20.5. The molecule has 3 heteroatoms. The number of allylic oxidation sites excluding steroid dienone is 3. The van der Waals surface area contributed by atoms with Crippen LogP contribution in [0.5, 0.6) is 0 Å². The minimum atomic E-state index is -0.442. The molecule has 0 bridgehead atoms. The molecule has 0 aromatic carbocycles. The SMILES string of the molecule is CC(C)[C@H](CO)CC[C@@H](C)[C@H]1CC[C@H]2C3=CC=C4C[C@@H](O)C[C@H](O)[C@]4(C)[C@H]3CC[C@]12C. The van der Waals surface area contributed by atoms with Crippen LogP contribution in [0.2, 0.25) is 0 Å². The summed E-state index contributed by atoms with van der Waals surface area (Å²) in [6.07, 6.45) is 12.4. The van der Waals surface area contributed by atoms with Gasteiger partial charge in [0.05, 0.1) is 12.2 Å². The predicted octanol–water partition coefficient (Wildman–Crippen LogP) is 5.50. The van der Waals surface area contributed by atoms with Gasteiger partial charge in [0, 0.05) is 18.4 Å². The van der Waals surface area contributed by atoms with Crippen molar-refractivity contribution in [2.24, 2.45) is 46.3 Å². The van der Waals surface area contributed by atoms with E-state index in [9.17, 15) is 15.3 Å². The quantitative estimate of drug-likeness (QED) is 0.521. The first kappa shape index (κ1) is 23.5. The maximum absolute atomic E-state index is 11.1. The standard InChI is InChI=1S/C28H46O3/c1-17(2)19(16-29)7-6-18(3)23-10-11-24-22-9-8-20-14-21(30)15-26(31)28(20,5)25(22)12-13-27(23,24)4/h8-9,17-19,21,23-26,29-31H,6-7,10-16H2,1-5H3/t18-,19+,21-,23-,24+,25+,26+,27-,28+/m1/s1. The summed E-state index contributed by atoms with van der Waals surface area (Å²) in [4.78, 5) is 0. The minimum Gasteiger partial charge on any atom is -0.396 e. The van der Waals surface area contributed by atoms with E-state index in [2.05, 4.69) is 46.8 Å². The van der Waals surface area contributed by atoms with Crippen LogP contribution in [0.25, 0.3) is 0 Å². The van der Waals surface area contributed by atoms with Gasteiger partial charge in [0.15, 0.2) is 0 Å². The van der Waals surface area contributed by atoms with Gasteiger partial charge in [-0.3, -0.25) is 0 Å². The second-order valence-corrected chi connectivity index (χ2v) is 12.3. The molecule has 3 fully saturated rings. The van der Waals surface area contributed by atoms with Crippen LogP contribution in [0, 0.1) is 46.3 Å². The first-order valence-electron chi connectivity index (χ1n) is 13.0. The Bertz CT molecular complexity index is 724. The number of hydrogen-bond acceptors (Lipinski definition) is 3. The van der Waals surface area contributed by atoms with Gasteiger partial charge >= 0.3 is 0 Å². The van der Waals surface area contributed by atoms with Crippen molar-refractivity contribution in [2.75, 3.05) is 6.61 Å². The molecule has 0 unspecified atom stereocenters. The molecule has 4 rings (SSSR count). The summed E-state index contributed by atoms with van der Waals surface area (Å²) >= 11 is 0. The number of aliphatic hydroxyl groups excluding tert-OH is 3. The number of fused-ring (bicyclic) bond motifs is 5. The fourth-order valence-electron chi connectivity index (χ4n) is 8.34. The third kappa shape index (κ3) is 3.77. The van der Waals surface area contributed by atoms with Crippen molar-refractivity contribution in [3.8, 4) is 0 Å². The summed E-state index contributed by atoms with van der Waals surface area (Å²) in [6.45, 7) is 12.1. The van der Waals surface area contributed by atoms with E-state index in [1.807, 2.05) is 0 Å². The van der Waals surface area contributed by atoms with E-state index in [1.54, 1.807) is 5.57 Å². The van der Waals surface area contributed by atoms with Crippen LogP contribution in [-0.2, 0) is 0 Å². The van der Waals surface area contributed by atoms with Gasteiger partial charge in [-0.05, 0) is 79.4 Å². The normalized spacial score (nSPS) is 44.1. The third-order valence-electron chi connectivity index (χ3n) is 10.6. The van der Waals surface area contributed by atoms with Crippen LogP contribution in [0.15, 0.2) is 23.3 Å². The summed E-state index contributed by atoms with van der Waals surface area (Å²) in [5, 5.41) is 31.0. The van der Waals surface area contributed by atoms with Gasteiger partial charge in [0.1, 0.15) is 0 Å².